The maximum atomic E-state index is 11.8. The van der Waals surface area contributed by atoms with Crippen LogP contribution in [0.3, 0.4) is 0 Å². The van der Waals surface area contributed by atoms with Crippen LogP contribution in [0.5, 0.6) is 0 Å². The molecule has 3 rings (SSSR count). The number of benzene rings is 2. The third-order valence-corrected chi connectivity index (χ3v) is 3.54. The Hall–Kier alpha value is -2.29. The largest absolute Gasteiger partial charge is 0.381 e. The average Bonchev–Trinajstić information content (AvgIpc) is 2.74. The van der Waals surface area contributed by atoms with Crippen LogP contribution < -0.4 is 10.2 Å². The SMILES string of the molecule is CN1C(=O)Cc2c(NCc3ccccc3)cccc21. The number of carbonyl (C=O) groups is 1. The van der Waals surface area contributed by atoms with Gasteiger partial charge in [0.15, 0.2) is 0 Å². The quantitative estimate of drug-likeness (QED) is 0.911. The molecule has 2 aromatic carbocycles. The standard InChI is InChI=1S/C16H16N2O/c1-18-15-9-5-8-14(13(15)10-16(18)19)17-11-12-6-3-2-4-7-12/h2-9,17H,10-11H2,1H3. The zero-order valence-electron chi connectivity index (χ0n) is 10.9. The molecule has 0 aliphatic carbocycles. The van der Waals surface area contributed by atoms with Gasteiger partial charge in [0.2, 0.25) is 5.91 Å². The molecule has 3 heteroatoms. The Morgan fingerprint density at radius 2 is 1.89 bits per heavy atom. The molecule has 1 aliphatic heterocycles. The first kappa shape index (κ1) is 11.8. The van der Waals surface area contributed by atoms with E-state index in [1.165, 1.54) is 5.56 Å². The van der Waals surface area contributed by atoms with Crippen LogP contribution in [0.1, 0.15) is 11.1 Å². The van der Waals surface area contributed by atoms with Gasteiger partial charge in [-0.25, -0.2) is 0 Å². The molecule has 0 spiro atoms. The van der Waals surface area contributed by atoms with Crippen molar-refractivity contribution in [2.45, 2.75) is 13.0 Å². The minimum Gasteiger partial charge on any atom is -0.381 e. The monoisotopic (exact) mass is 252 g/mol. The Morgan fingerprint density at radius 3 is 2.68 bits per heavy atom. The van der Waals surface area contributed by atoms with Crippen molar-refractivity contribution in [2.24, 2.45) is 0 Å². The van der Waals surface area contributed by atoms with Crippen LogP contribution >= 0.6 is 0 Å². The average molecular weight is 252 g/mol. The van der Waals surface area contributed by atoms with Crippen LogP contribution in [-0.2, 0) is 17.8 Å². The lowest BCUT2D eigenvalue weighted by Crippen LogP contribution is -2.20. The smallest absolute Gasteiger partial charge is 0.231 e. The van der Waals surface area contributed by atoms with Gasteiger partial charge in [-0.1, -0.05) is 36.4 Å². The summed E-state index contributed by atoms with van der Waals surface area (Å²) < 4.78 is 0. The molecule has 0 aromatic heterocycles. The number of hydrogen-bond donors (Lipinski definition) is 1. The summed E-state index contributed by atoms with van der Waals surface area (Å²) in [6.07, 6.45) is 0.490. The van der Waals surface area contributed by atoms with E-state index < -0.39 is 0 Å². The van der Waals surface area contributed by atoms with Gasteiger partial charge < -0.3 is 10.2 Å². The van der Waals surface area contributed by atoms with E-state index >= 15 is 0 Å². The maximum Gasteiger partial charge on any atom is 0.231 e. The maximum absolute atomic E-state index is 11.8. The summed E-state index contributed by atoms with van der Waals surface area (Å²) in [5, 5.41) is 3.42. The molecule has 0 saturated heterocycles. The summed E-state index contributed by atoms with van der Waals surface area (Å²) in [6, 6.07) is 16.3. The molecule has 1 N–H and O–H groups in total. The van der Waals surface area contributed by atoms with E-state index in [2.05, 4.69) is 17.4 Å². The van der Waals surface area contributed by atoms with Crippen molar-refractivity contribution in [3.05, 3.63) is 59.7 Å². The number of hydrogen-bond acceptors (Lipinski definition) is 2. The fourth-order valence-electron chi connectivity index (χ4n) is 2.44. The fourth-order valence-corrected chi connectivity index (χ4v) is 2.44. The molecule has 0 atom stereocenters. The lowest BCUT2D eigenvalue weighted by Gasteiger charge is -2.13. The summed E-state index contributed by atoms with van der Waals surface area (Å²) in [5.41, 5.74) is 4.41. The van der Waals surface area contributed by atoms with Crippen molar-refractivity contribution in [1.29, 1.82) is 0 Å². The molecule has 1 aliphatic rings. The third-order valence-electron chi connectivity index (χ3n) is 3.54. The molecule has 2 aromatic rings. The number of nitrogens with zero attached hydrogens (tertiary/aromatic N) is 1. The van der Waals surface area contributed by atoms with Gasteiger partial charge in [-0.3, -0.25) is 4.79 Å². The van der Waals surface area contributed by atoms with Gasteiger partial charge in [0.25, 0.3) is 0 Å². The summed E-state index contributed by atoms with van der Waals surface area (Å²) in [6.45, 7) is 0.773. The number of anilines is 2. The molecule has 0 unspecified atom stereocenters. The highest BCUT2D eigenvalue weighted by atomic mass is 16.2. The van der Waals surface area contributed by atoms with Crippen LogP contribution in [0.2, 0.25) is 0 Å². The van der Waals surface area contributed by atoms with E-state index in [0.29, 0.717) is 6.42 Å². The van der Waals surface area contributed by atoms with E-state index in [-0.39, 0.29) is 5.91 Å². The van der Waals surface area contributed by atoms with Crippen molar-refractivity contribution < 1.29 is 4.79 Å². The lowest BCUT2D eigenvalue weighted by molar-refractivity contribution is -0.117. The second-order valence-electron chi connectivity index (χ2n) is 4.77. The first-order valence-electron chi connectivity index (χ1n) is 6.42. The minimum absolute atomic E-state index is 0.156. The van der Waals surface area contributed by atoms with Gasteiger partial charge in [-0.2, -0.15) is 0 Å². The van der Waals surface area contributed by atoms with Gasteiger partial charge in [0.05, 0.1) is 6.42 Å². The zero-order valence-corrected chi connectivity index (χ0v) is 10.9. The minimum atomic E-state index is 0.156. The summed E-state index contributed by atoms with van der Waals surface area (Å²) in [5.74, 6) is 0.156. The van der Waals surface area contributed by atoms with Crippen LogP contribution in [-0.4, -0.2) is 13.0 Å². The van der Waals surface area contributed by atoms with Gasteiger partial charge in [0, 0.05) is 30.5 Å². The summed E-state index contributed by atoms with van der Waals surface area (Å²) in [4.78, 5) is 13.5. The Kier molecular flexibility index (Phi) is 2.95. The predicted molar refractivity (Wildman–Crippen MR) is 77.3 cm³/mol. The highest BCUT2D eigenvalue weighted by molar-refractivity contribution is 6.02. The molecule has 1 amide bonds. The highest BCUT2D eigenvalue weighted by Crippen LogP contribution is 2.33. The zero-order chi connectivity index (χ0) is 13.2. The van der Waals surface area contributed by atoms with Crippen LogP contribution in [0.15, 0.2) is 48.5 Å². The molecule has 19 heavy (non-hydrogen) atoms. The van der Waals surface area contributed by atoms with E-state index in [1.54, 1.807) is 4.90 Å². The summed E-state index contributed by atoms with van der Waals surface area (Å²) in [7, 11) is 1.83. The number of rotatable bonds is 3. The van der Waals surface area contributed by atoms with Crippen LogP contribution in [0, 0.1) is 0 Å². The van der Waals surface area contributed by atoms with E-state index in [0.717, 1.165) is 23.5 Å². The van der Waals surface area contributed by atoms with Gasteiger partial charge in [-0.15, -0.1) is 0 Å². The van der Waals surface area contributed by atoms with Gasteiger partial charge in [-0.05, 0) is 17.7 Å². The van der Waals surface area contributed by atoms with Crippen molar-refractivity contribution in [3.8, 4) is 0 Å². The molecule has 0 bridgehead atoms. The van der Waals surface area contributed by atoms with E-state index in [4.69, 9.17) is 0 Å². The van der Waals surface area contributed by atoms with E-state index in [9.17, 15) is 4.79 Å². The molecule has 0 fully saturated rings. The normalized spacial score (nSPS) is 13.5. The molecular weight excluding hydrogens is 236 g/mol. The lowest BCUT2D eigenvalue weighted by atomic mass is 10.1. The van der Waals surface area contributed by atoms with Gasteiger partial charge >= 0.3 is 0 Å². The molecular formula is C16H16N2O. The fraction of sp³-hybridized carbons (Fsp3) is 0.188. The third kappa shape index (κ3) is 2.19. The number of amides is 1. The first-order chi connectivity index (χ1) is 9.25. The topological polar surface area (TPSA) is 32.3 Å². The molecule has 0 radical (unpaired) electrons. The number of carbonyl (C=O) groups excluding carboxylic acids is 1. The number of likely N-dealkylation sites (N-methyl/N-ethyl adjacent to an activating group) is 1. The first-order valence-corrected chi connectivity index (χ1v) is 6.42. The Bertz CT molecular complexity index is 607. The number of nitrogens with one attached hydrogen (secondary N) is 1. The molecule has 1 heterocycles. The van der Waals surface area contributed by atoms with Crippen molar-refractivity contribution in [2.75, 3.05) is 17.3 Å². The molecule has 96 valence electrons. The van der Waals surface area contributed by atoms with Gasteiger partial charge in [0.1, 0.15) is 0 Å². The molecule has 0 saturated carbocycles. The predicted octanol–water partition coefficient (Wildman–Crippen LogP) is 2.82. The Morgan fingerprint density at radius 1 is 1.11 bits per heavy atom. The highest BCUT2D eigenvalue weighted by Gasteiger charge is 2.25. The van der Waals surface area contributed by atoms with Crippen LogP contribution in [0.4, 0.5) is 11.4 Å². The van der Waals surface area contributed by atoms with E-state index in [1.807, 2.05) is 43.4 Å². The molecule has 3 nitrogen and oxygen atoms in total. The summed E-state index contributed by atoms with van der Waals surface area (Å²) >= 11 is 0. The van der Waals surface area contributed by atoms with Crippen molar-refractivity contribution in [3.63, 3.8) is 0 Å². The van der Waals surface area contributed by atoms with Crippen molar-refractivity contribution >= 4 is 17.3 Å². The Balaban J connectivity index is 1.82. The second kappa shape index (κ2) is 4.76. The number of fused-ring (bicyclic) bond motifs is 1. The second-order valence-corrected chi connectivity index (χ2v) is 4.77. The Labute approximate surface area is 112 Å². The van der Waals surface area contributed by atoms with Crippen molar-refractivity contribution in [1.82, 2.24) is 0 Å². The van der Waals surface area contributed by atoms with Crippen LogP contribution in [0.25, 0.3) is 0 Å².